The summed E-state index contributed by atoms with van der Waals surface area (Å²) in [7, 11) is 0. The third-order valence-electron chi connectivity index (χ3n) is 3.70. The van der Waals surface area contributed by atoms with Gasteiger partial charge in [0.05, 0.1) is 6.61 Å². The Morgan fingerprint density at radius 3 is 2.74 bits per heavy atom. The first kappa shape index (κ1) is 16.3. The third-order valence-corrected chi connectivity index (χ3v) is 4.26. The molecular weight excluding hydrogens is 256 g/mol. The minimum absolute atomic E-state index is 0.412. The maximum Gasteiger partial charge on any atom is 0.217 e. The van der Waals surface area contributed by atoms with E-state index in [1.54, 1.807) is 6.20 Å². The molecule has 0 aliphatic heterocycles. The average Bonchev–Trinajstić information content (AvgIpc) is 2.78. The van der Waals surface area contributed by atoms with Crippen molar-refractivity contribution in [3.05, 3.63) is 12.3 Å². The molecule has 1 heterocycles. The van der Waals surface area contributed by atoms with Gasteiger partial charge in [-0.1, -0.05) is 45.9 Å². The highest BCUT2D eigenvalue weighted by Gasteiger charge is 2.34. The van der Waals surface area contributed by atoms with E-state index in [1.165, 1.54) is 31.0 Å². The van der Waals surface area contributed by atoms with Gasteiger partial charge < -0.3 is 4.74 Å². The van der Waals surface area contributed by atoms with Crippen molar-refractivity contribution in [2.24, 2.45) is 11.3 Å². The van der Waals surface area contributed by atoms with Crippen LogP contribution in [0.4, 0.5) is 0 Å². The molecule has 1 atom stereocenters. The van der Waals surface area contributed by atoms with Gasteiger partial charge in [0.1, 0.15) is 0 Å². The largest absolute Gasteiger partial charge is 0.477 e. The summed E-state index contributed by atoms with van der Waals surface area (Å²) in [5, 5.41) is 0.771. The van der Waals surface area contributed by atoms with Crippen molar-refractivity contribution in [2.45, 2.75) is 52.1 Å². The topological polar surface area (TPSA) is 35.0 Å². The summed E-state index contributed by atoms with van der Waals surface area (Å²) in [6.07, 6.45) is 7.63. The van der Waals surface area contributed by atoms with Crippen molar-refractivity contribution >= 4 is 11.8 Å². The van der Waals surface area contributed by atoms with Gasteiger partial charge in [0.2, 0.25) is 5.88 Å². The maximum atomic E-state index is 5.80. The first-order chi connectivity index (χ1) is 9.12. The highest BCUT2D eigenvalue weighted by molar-refractivity contribution is 7.98. The quantitative estimate of drug-likeness (QED) is 0.604. The van der Waals surface area contributed by atoms with Gasteiger partial charge in [-0.15, -0.1) is 0 Å². The molecule has 1 saturated carbocycles. The lowest BCUT2D eigenvalue weighted by atomic mass is 9.82. The Morgan fingerprint density at radius 2 is 2.16 bits per heavy atom. The zero-order valence-corrected chi connectivity index (χ0v) is 13.6. The Kier molecular flexibility index (Phi) is 6.63. The van der Waals surface area contributed by atoms with Gasteiger partial charge in [0.15, 0.2) is 5.16 Å². The number of rotatable bonds is 4. The number of aromatic nitrogens is 2. The van der Waals surface area contributed by atoms with Crippen LogP contribution in [0, 0.1) is 11.3 Å². The van der Waals surface area contributed by atoms with Gasteiger partial charge in [-0.2, -0.15) is 4.98 Å². The van der Waals surface area contributed by atoms with Gasteiger partial charge in [0.25, 0.3) is 0 Å². The van der Waals surface area contributed by atoms with Gasteiger partial charge in [-0.05, 0) is 30.4 Å². The van der Waals surface area contributed by atoms with E-state index in [-0.39, 0.29) is 0 Å². The molecule has 19 heavy (non-hydrogen) atoms. The Bertz CT molecular complexity index is 382. The number of nitrogens with zero attached hydrogens (tertiary/aromatic N) is 2. The normalized spacial score (nSPS) is 20.6. The zero-order chi connectivity index (χ0) is 14.3. The van der Waals surface area contributed by atoms with E-state index in [2.05, 4.69) is 23.8 Å². The van der Waals surface area contributed by atoms with Crippen molar-refractivity contribution in [3.63, 3.8) is 0 Å². The van der Waals surface area contributed by atoms with E-state index in [9.17, 15) is 0 Å². The van der Waals surface area contributed by atoms with E-state index < -0.39 is 0 Å². The Hall–Kier alpha value is -0.770. The third kappa shape index (κ3) is 4.68. The second kappa shape index (κ2) is 7.73. The molecule has 2 rings (SSSR count). The molecule has 0 unspecified atom stereocenters. The molecule has 0 aromatic carbocycles. The van der Waals surface area contributed by atoms with E-state index in [0.29, 0.717) is 17.2 Å². The summed E-state index contributed by atoms with van der Waals surface area (Å²) in [4.78, 5) is 8.47. The molecule has 0 saturated heterocycles. The molecule has 108 valence electrons. The van der Waals surface area contributed by atoms with E-state index in [1.807, 2.05) is 26.2 Å². The molecule has 0 spiro atoms. The molecule has 0 amide bonds. The highest BCUT2D eigenvalue weighted by Crippen LogP contribution is 2.42. The SMILES string of the molecule is CC.CSc1nccc(OC[C@H]2CCCC2(C)C)n1. The number of hydrogen-bond donors (Lipinski definition) is 0. The van der Waals surface area contributed by atoms with Crippen molar-refractivity contribution in [3.8, 4) is 5.88 Å². The number of ether oxygens (including phenoxy) is 1. The van der Waals surface area contributed by atoms with Crippen LogP contribution in [-0.2, 0) is 0 Å². The summed E-state index contributed by atoms with van der Waals surface area (Å²) < 4.78 is 5.80. The van der Waals surface area contributed by atoms with E-state index in [0.717, 1.165) is 11.8 Å². The molecule has 3 nitrogen and oxygen atoms in total. The van der Waals surface area contributed by atoms with Crippen molar-refractivity contribution < 1.29 is 4.74 Å². The minimum atomic E-state index is 0.412. The lowest BCUT2D eigenvalue weighted by Gasteiger charge is -2.26. The molecule has 1 aromatic heterocycles. The molecular formula is C15H26N2OS. The van der Waals surface area contributed by atoms with Crippen LogP contribution in [0.15, 0.2) is 17.4 Å². The van der Waals surface area contributed by atoms with Crippen LogP contribution < -0.4 is 4.74 Å². The van der Waals surface area contributed by atoms with Crippen molar-refractivity contribution in [2.75, 3.05) is 12.9 Å². The summed E-state index contributed by atoms with van der Waals surface area (Å²) in [5.41, 5.74) is 0.412. The van der Waals surface area contributed by atoms with Crippen LogP contribution in [0.3, 0.4) is 0 Å². The van der Waals surface area contributed by atoms with Crippen LogP contribution in [0.2, 0.25) is 0 Å². The smallest absolute Gasteiger partial charge is 0.217 e. The van der Waals surface area contributed by atoms with Gasteiger partial charge in [0, 0.05) is 12.3 Å². The fourth-order valence-corrected chi connectivity index (χ4v) is 2.75. The molecule has 0 radical (unpaired) electrons. The van der Waals surface area contributed by atoms with Crippen molar-refractivity contribution in [1.29, 1.82) is 0 Å². The van der Waals surface area contributed by atoms with Gasteiger partial charge in [-0.25, -0.2) is 4.98 Å². The van der Waals surface area contributed by atoms with Crippen LogP contribution >= 0.6 is 11.8 Å². The first-order valence-corrected chi connectivity index (χ1v) is 8.34. The Balaban J connectivity index is 0.000000861. The number of thioether (sulfide) groups is 1. The molecule has 0 bridgehead atoms. The number of hydrogen-bond acceptors (Lipinski definition) is 4. The molecule has 4 heteroatoms. The fraction of sp³-hybridized carbons (Fsp3) is 0.733. The average molecular weight is 282 g/mol. The molecule has 1 fully saturated rings. The molecule has 0 N–H and O–H groups in total. The van der Waals surface area contributed by atoms with E-state index >= 15 is 0 Å². The lowest BCUT2D eigenvalue weighted by molar-refractivity contribution is 0.156. The summed E-state index contributed by atoms with van der Waals surface area (Å²) in [6.45, 7) is 9.44. The van der Waals surface area contributed by atoms with Gasteiger partial charge in [-0.3, -0.25) is 0 Å². The molecule has 1 aliphatic rings. The van der Waals surface area contributed by atoms with Crippen LogP contribution in [-0.4, -0.2) is 22.8 Å². The predicted molar refractivity (Wildman–Crippen MR) is 81.8 cm³/mol. The van der Waals surface area contributed by atoms with Gasteiger partial charge >= 0.3 is 0 Å². The predicted octanol–water partition coefficient (Wildman–Crippen LogP) is 4.43. The monoisotopic (exact) mass is 282 g/mol. The van der Waals surface area contributed by atoms with Crippen LogP contribution in [0.1, 0.15) is 47.0 Å². The van der Waals surface area contributed by atoms with Crippen LogP contribution in [0.5, 0.6) is 5.88 Å². The summed E-state index contributed by atoms with van der Waals surface area (Å²) >= 11 is 1.54. The Labute approximate surface area is 121 Å². The van der Waals surface area contributed by atoms with E-state index in [4.69, 9.17) is 4.74 Å². The van der Waals surface area contributed by atoms with Crippen molar-refractivity contribution in [1.82, 2.24) is 9.97 Å². The zero-order valence-electron chi connectivity index (χ0n) is 12.8. The Morgan fingerprint density at radius 1 is 1.42 bits per heavy atom. The lowest BCUT2D eigenvalue weighted by Crippen LogP contribution is -2.23. The maximum absolute atomic E-state index is 5.80. The minimum Gasteiger partial charge on any atom is -0.477 e. The summed E-state index contributed by atoms with van der Waals surface area (Å²) in [6, 6.07) is 1.83. The molecule has 1 aromatic rings. The van der Waals surface area contributed by atoms with Crippen LogP contribution in [0.25, 0.3) is 0 Å². The standard InChI is InChI=1S/C13H20N2OS.C2H6/c1-13(2)7-4-5-10(13)9-16-11-6-8-14-12(15-11)17-3;1-2/h6,8,10H,4-5,7,9H2,1-3H3;1-2H3/t10-;/m1./s1. The molecule has 1 aliphatic carbocycles. The second-order valence-corrected chi connectivity index (χ2v) is 6.04. The fourth-order valence-electron chi connectivity index (χ4n) is 2.40. The second-order valence-electron chi connectivity index (χ2n) is 5.27. The highest BCUT2D eigenvalue weighted by atomic mass is 32.2. The summed E-state index contributed by atoms with van der Waals surface area (Å²) in [5.74, 6) is 1.35. The first-order valence-electron chi connectivity index (χ1n) is 7.11.